The van der Waals surface area contributed by atoms with Crippen LogP contribution in [0.25, 0.3) is 0 Å². The lowest BCUT2D eigenvalue weighted by Crippen LogP contribution is -2.24. The Morgan fingerprint density at radius 1 is 0.565 bits per heavy atom. The van der Waals surface area contributed by atoms with Gasteiger partial charge in [-0.15, -0.1) is 0 Å². The molecular weight excluding hydrogens is 296 g/mol. The highest BCUT2D eigenvalue weighted by Gasteiger charge is 2.26. The summed E-state index contributed by atoms with van der Waals surface area (Å²) in [6.07, 6.45) is 28.8. The first kappa shape index (κ1) is 21.4. The van der Waals surface area contributed by atoms with Gasteiger partial charge in [-0.1, -0.05) is 116 Å². The molecule has 0 N–H and O–H groups in total. The van der Waals surface area contributed by atoms with Gasteiger partial charge >= 0.3 is 0 Å². The zero-order chi connectivity index (χ0) is 16.6. The van der Waals surface area contributed by atoms with Crippen LogP contribution in [-0.4, -0.2) is 4.75 Å². The van der Waals surface area contributed by atoms with E-state index < -0.39 is 0 Å². The quantitative estimate of drug-likeness (QED) is 0.224. The van der Waals surface area contributed by atoms with Gasteiger partial charge in [0.05, 0.1) is 0 Å². The fraction of sp³-hybridized carbons (Fsp3) is 1.00. The average Bonchev–Trinajstić information content (AvgIpc) is 2.56. The van der Waals surface area contributed by atoms with Crippen molar-refractivity contribution in [2.45, 2.75) is 140 Å². The molecule has 0 spiro atoms. The third kappa shape index (κ3) is 12.4. The van der Waals surface area contributed by atoms with Crippen LogP contribution in [0.2, 0.25) is 0 Å². The summed E-state index contributed by atoms with van der Waals surface area (Å²) >= 11 is 4.97. The maximum atomic E-state index is 4.97. The highest BCUT2D eigenvalue weighted by molar-refractivity contribution is 7.81. The van der Waals surface area contributed by atoms with E-state index >= 15 is 0 Å². The molecule has 0 saturated heterocycles. The Balaban J connectivity index is 1.74. The Morgan fingerprint density at radius 3 is 1.39 bits per heavy atom. The van der Waals surface area contributed by atoms with Crippen LogP contribution in [0.15, 0.2) is 0 Å². The van der Waals surface area contributed by atoms with Crippen LogP contribution in [0.5, 0.6) is 0 Å². The summed E-state index contributed by atoms with van der Waals surface area (Å²) in [7, 11) is 0. The Hall–Kier alpha value is 0.350. The highest BCUT2D eigenvalue weighted by atomic mass is 32.1. The minimum absolute atomic E-state index is 0.412. The molecule has 0 aromatic carbocycles. The van der Waals surface area contributed by atoms with Crippen LogP contribution in [0, 0.1) is 0 Å². The SMILES string of the molecule is CCCCCCCCCCCCCCCCC1(S)CCCCC1. The molecule has 1 fully saturated rings. The molecule has 0 heterocycles. The molecule has 0 radical (unpaired) electrons. The summed E-state index contributed by atoms with van der Waals surface area (Å²) in [4.78, 5) is 0. The van der Waals surface area contributed by atoms with Crippen molar-refractivity contribution in [1.82, 2.24) is 0 Å². The minimum Gasteiger partial charge on any atom is -0.173 e. The van der Waals surface area contributed by atoms with Crippen molar-refractivity contribution in [2.24, 2.45) is 0 Å². The Bertz CT molecular complexity index is 242. The Morgan fingerprint density at radius 2 is 0.957 bits per heavy atom. The lowest BCUT2D eigenvalue weighted by atomic mass is 9.84. The maximum absolute atomic E-state index is 4.97. The zero-order valence-electron chi connectivity index (χ0n) is 16.1. The second-order valence-corrected chi connectivity index (χ2v) is 9.08. The summed E-state index contributed by atoms with van der Waals surface area (Å²) in [6.45, 7) is 2.30. The summed E-state index contributed by atoms with van der Waals surface area (Å²) < 4.78 is 0.412. The first-order valence-electron chi connectivity index (χ1n) is 11.0. The molecule has 0 unspecified atom stereocenters. The summed E-state index contributed by atoms with van der Waals surface area (Å²) in [5.74, 6) is 0. The van der Waals surface area contributed by atoms with Gasteiger partial charge in [-0.05, 0) is 19.3 Å². The van der Waals surface area contributed by atoms with Crippen molar-refractivity contribution >= 4 is 12.6 Å². The normalized spacial score (nSPS) is 17.5. The Kier molecular flexibility index (Phi) is 13.6. The predicted molar refractivity (Wildman–Crippen MR) is 110 cm³/mol. The third-order valence-electron chi connectivity index (χ3n) is 5.78. The van der Waals surface area contributed by atoms with Gasteiger partial charge in [0, 0.05) is 4.75 Å². The number of hydrogen-bond donors (Lipinski definition) is 1. The van der Waals surface area contributed by atoms with Crippen LogP contribution in [0.3, 0.4) is 0 Å². The van der Waals surface area contributed by atoms with E-state index in [9.17, 15) is 0 Å². The van der Waals surface area contributed by atoms with E-state index in [0.717, 1.165) is 0 Å². The lowest BCUT2D eigenvalue weighted by Gasteiger charge is -2.32. The first-order valence-corrected chi connectivity index (χ1v) is 11.4. The van der Waals surface area contributed by atoms with Gasteiger partial charge in [-0.25, -0.2) is 0 Å². The molecule has 1 aliphatic carbocycles. The van der Waals surface area contributed by atoms with E-state index in [1.54, 1.807) is 0 Å². The van der Waals surface area contributed by atoms with Gasteiger partial charge in [0.25, 0.3) is 0 Å². The molecule has 0 nitrogen and oxygen atoms in total. The van der Waals surface area contributed by atoms with Crippen molar-refractivity contribution in [3.63, 3.8) is 0 Å². The van der Waals surface area contributed by atoms with Gasteiger partial charge in [-0.3, -0.25) is 0 Å². The van der Waals surface area contributed by atoms with Gasteiger partial charge in [-0.2, -0.15) is 12.6 Å². The maximum Gasteiger partial charge on any atom is 0.0130 e. The average molecular weight is 341 g/mol. The predicted octanol–water partition coefficient (Wildman–Crippen LogP) is 8.49. The standard InChI is InChI=1S/C22H44S/c1-2-3-4-5-6-7-8-9-10-11-12-13-14-16-19-22(23)20-17-15-18-21-22/h23H,2-21H2,1H3. The molecule has 0 aliphatic heterocycles. The van der Waals surface area contributed by atoms with Crippen LogP contribution < -0.4 is 0 Å². The van der Waals surface area contributed by atoms with Crippen LogP contribution >= 0.6 is 12.6 Å². The fourth-order valence-corrected chi connectivity index (χ4v) is 4.58. The first-order chi connectivity index (χ1) is 11.3. The number of unbranched alkanes of at least 4 members (excludes halogenated alkanes) is 13. The summed E-state index contributed by atoms with van der Waals surface area (Å²) in [5.41, 5.74) is 0. The minimum atomic E-state index is 0.412. The second-order valence-electron chi connectivity index (χ2n) is 8.13. The molecule has 0 aromatic rings. The number of rotatable bonds is 15. The van der Waals surface area contributed by atoms with Crippen molar-refractivity contribution in [2.75, 3.05) is 0 Å². The molecule has 138 valence electrons. The smallest absolute Gasteiger partial charge is 0.0130 e. The van der Waals surface area contributed by atoms with Crippen molar-refractivity contribution in [1.29, 1.82) is 0 Å². The van der Waals surface area contributed by atoms with Gasteiger partial charge in [0.2, 0.25) is 0 Å². The van der Waals surface area contributed by atoms with E-state index in [1.165, 1.54) is 128 Å². The second kappa shape index (κ2) is 14.7. The number of thiol groups is 1. The van der Waals surface area contributed by atoms with Gasteiger partial charge in [0.1, 0.15) is 0 Å². The molecule has 0 aromatic heterocycles. The van der Waals surface area contributed by atoms with Crippen LogP contribution in [-0.2, 0) is 0 Å². The molecule has 0 bridgehead atoms. The number of hydrogen-bond acceptors (Lipinski definition) is 1. The molecular formula is C22H44S. The zero-order valence-corrected chi connectivity index (χ0v) is 17.0. The fourth-order valence-electron chi connectivity index (χ4n) is 4.11. The van der Waals surface area contributed by atoms with Crippen LogP contribution in [0.4, 0.5) is 0 Å². The van der Waals surface area contributed by atoms with E-state index in [-0.39, 0.29) is 0 Å². The van der Waals surface area contributed by atoms with Gasteiger partial charge < -0.3 is 0 Å². The van der Waals surface area contributed by atoms with Crippen molar-refractivity contribution in [3.05, 3.63) is 0 Å². The monoisotopic (exact) mass is 340 g/mol. The molecule has 23 heavy (non-hydrogen) atoms. The highest BCUT2D eigenvalue weighted by Crippen LogP contribution is 2.37. The van der Waals surface area contributed by atoms with Crippen LogP contribution in [0.1, 0.15) is 135 Å². The topological polar surface area (TPSA) is 0 Å². The lowest BCUT2D eigenvalue weighted by molar-refractivity contribution is 0.368. The third-order valence-corrected chi connectivity index (χ3v) is 6.45. The molecule has 1 rings (SSSR count). The largest absolute Gasteiger partial charge is 0.173 e. The molecule has 1 saturated carbocycles. The summed E-state index contributed by atoms with van der Waals surface area (Å²) in [5, 5.41) is 0. The van der Waals surface area contributed by atoms with E-state index in [0.29, 0.717) is 4.75 Å². The van der Waals surface area contributed by atoms with E-state index in [1.807, 2.05) is 0 Å². The Labute approximate surface area is 153 Å². The summed E-state index contributed by atoms with van der Waals surface area (Å²) in [6, 6.07) is 0. The van der Waals surface area contributed by atoms with Gasteiger partial charge in [0.15, 0.2) is 0 Å². The van der Waals surface area contributed by atoms with E-state index in [2.05, 4.69) is 6.92 Å². The van der Waals surface area contributed by atoms with Crippen molar-refractivity contribution in [3.8, 4) is 0 Å². The molecule has 1 aliphatic rings. The molecule has 1 heteroatoms. The van der Waals surface area contributed by atoms with Crippen molar-refractivity contribution < 1.29 is 0 Å². The molecule has 0 atom stereocenters. The van der Waals surface area contributed by atoms with E-state index in [4.69, 9.17) is 12.6 Å². The molecule has 0 amide bonds.